The molecule has 1 heterocycles. The zero-order valence-electron chi connectivity index (χ0n) is 14.4. The number of nitrogens with zero attached hydrogens (tertiary/aromatic N) is 2. The van der Waals surface area contributed by atoms with Crippen LogP contribution in [-0.2, 0) is 17.9 Å². The van der Waals surface area contributed by atoms with E-state index in [-0.39, 0.29) is 5.82 Å². The summed E-state index contributed by atoms with van der Waals surface area (Å²) in [6.45, 7) is 4.57. The Morgan fingerprint density at radius 3 is 2.48 bits per heavy atom. The van der Waals surface area contributed by atoms with Gasteiger partial charge in [0, 0.05) is 22.6 Å². The third-order valence-electron chi connectivity index (χ3n) is 4.15. The van der Waals surface area contributed by atoms with Crippen LogP contribution in [0.3, 0.4) is 0 Å². The van der Waals surface area contributed by atoms with E-state index in [0.29, 0.717) is 6.61 Å². The minimum atomic E-state index is -0.234. The fourth-order valence-electron chi connectivity index (χ4n) is 2.81. The van der Waals surface area contributed by atoms with E-state index in [2.05, 4.69) is 22.7 Å². The van der Waals surface area contributed by atoms with Crippen LogP contribution in [0.25, 0.3) is 5.69 Å². The van der Waals surface area contributed by atoms with Crippen molar-refractivity contribution in [2.75, 3.05) is 0 Å². The van der Waals surface area contributed by atoms with Gasteiger partial charge in [-0.25, -0.2) is 4.39 Å². The normalized spacial score (nSPS) is 11.2. The number of hydrogen-bond acceptors (Lipinski definition) is 2. The Balaban J connectivity index is 1.78. The zero-order chi connectivity index (χ0) is 17.6. The smallest absolute Gasteiger partial charge is 0.142 e. The first kappa shape index (κ1) is 17.0. The summed E-state index contributed by atoms with van der Waals surface area (Å²) in [4.78, 5) is 5.39. The average molecular weight is 336 g/mol. The fourth-order valence-corrected chi connectivity index (χ4v) is 2.81. The van der Waals surface area contributed by atoms with Gasteiger partial charge in [-0.3, -0.25) is 0 Å². The van der Waals surface area contributed by atoms with Crippen molar-refractivity contribution in [3.63, 3.8) is 0 Å². The summed E-state index contributed by atoms with van der Waals surface area (Å²) in [6.07, 6.45) is 2.61. The van der Waals surface area contributed by atoms with Gasteiger partial charge >= 0.3 is 0 Å². The lowest BCUT2D eigenvalue weighted by molar-refractivity contribution is 0.132. The highest BCUT2D eigenvalue weighted by Gasteiger charge is 2.11. The molecule has 0 aliphatic carbocycles. The highest BCUT2D eigenvalue weighted by molar-refractivity contribution is 5.81. The first-order valence-electron chi connectivity index (χ1n) is 8.35. The summed E-state index contributed by atoms with van der Waals surface area (Å²) in [5.74, 6) is -0.234. The summed E-state index contributed by atoms with van der Waals surface area (Å²) in [7, 11) is 0. The molecule has 3 nitrogen and oxygen atoms in total. The number of rotatable bonds is 6. The van der Waals surface area contributed by atoms with E-state index >= 15 is 0 Å². The molecule has 1 aromatic heterocycles. The molecule has 0 unspecified atom stereocenters. The van der Waals surface area contributed by atoms with E-state index in [1.807, 2.05) is 37.3 Å². The van der Waals surface area contributed by atoms with Crippen LogP contribution in [0, 0.1) is 12.7 Å². The second-order valence-corrected chi connectivity index (χ2v) is 5.84. The van der Waals surface area contributed by atoms with Crippen molar-refractivity contribution in [2.24, 2.45) is 5.16 Å². The van der Waals surface area contributed by atoms with Crippen LogP contribution < -0.4 is 0 Å². The second-order valence-electron chi connectivity index (χ2n) is 5.84. The van der Waals surface area contributed by atoms with Gasteiger partial charge in [-0.1, -0.05) is 42.4 Å². The van der Waals surface area contributed by atoms with Gasteiger partial charge in [0.15, 0.2) is 0 Å². The van der Waals surface area contributed by atoms with Crippen LogP contribution in [0.1, 0.15) is 29.4 Å². The lowest BCUT2D eigenvalue weighted by Gasteiger charge is -2.10. The highest BCUT2D eigenvalue weighted by Crippen LogP contribution is 2.21. The quantitative estimate of drug-likeness (QED) is 0.458. The minimum absolute atomic E-state index is 0.234. The number of aromatic nitrogens is 1. The first-order chi connectivity index (χ1) is 12.2. The Bertz CT molecular complexity index is 852. The third kappa shape index (κ3) is 3.97. The SMILES string of the molecule is CCc1cc(/C=N/OCc2ccccc2)c(C)n1-c1ccc(F)cc1. The molecule has 0 spiro atoms. The lowest BCUT2D eigenvalue weighted by atomic mass is 10.2. The molecule has 0 saturated carbocycles. The number of aryl methyl sites for hydroxylation is 1. The maximum Gasteiger partial charge on any atom is 0.142 e. The molecule has 25 heavy (non-hydrogen) atoms. The van der Waals surface area contributed by atoms with Crippen LogP contribution >= 0.6 is 0 Å². The standard InChI is InChI=1S/C21H21FN2O/c1-3-20-13-18(14-23-25-15-17-7-5-4-6-8-17)16(2)24(20)21-11-9-19(22)10-12-21/h4-14H,3,15H2,1-2H3/b23-14+. The molecule has 2 aromatic carbocycles. The summed E-state index contributed by atoms with van der Waals surface area (Å²) in [5, 5.41) is 4.10. The molecule has 0 saturated heterocycles. The molecular formula is C21H21FN2O. The lowest BCUT2D eigenvalue weighted by Crippen LogP contribution is -2.01. The van der Waals surface area contributed by atoms with Gasteiger partial charge in [0.1, 0.15) is 12.4 Å². The van der Waals surface area contributed by atoms with Gasteiger partial charge < -0.3 is 9.40 Å². The van der Waals surface area contributed by atoms with Crippen molar-refractivity contribution in [3.05, 3.63) is 89.0 Å². The van der Waals surface area contributed by atoms with Crippen LogP contribution in [-0.4, -0.2) is 10.8 Å². The fraction of sp³-hybridized carbons (Fsp3) is 0.190. The molecule has 0 aliphatic rings. The largest absolute Gasteiger partial charge is 0.391 e. The van der Waals surface area contributed by atoms with Crippen molar-refractivity contribution >= 4 is 6.21 Å². The summed E-state index contributed by atoms with van der Waals surface area (Å²) >= 11 is 0. The second kappa shape index (κ2) is 7.79. The zero-order valence-corrected chi connectivity index (χ0v) is 14.4. The number of halogens is 1. The van der Waals surface area contributed by atoms with Gasteiger partial charge in [-0.2, -0.15) is 0 Å². The molecule has 0 aliphatic heterocycles. The van der Waals surface area contributed by atoms with Crippen molar-refractivity contribution in [3.8, 4) is 5.69 Å². The van der Waals surface area contributed by atoms with E-state index in [0.717, 1.165) is 34.6 Å². The molecule has 0 atom stereocenters. The molecule has 0 amide bonds. The Kier molecular flexibility index (Phi) is 5.29. The van der Waals surface area contributed by atoms with Crippen LogP contribution in [0.5, 0.6) is 0 Å². The summed E-state index contributed by atoms with van der Waals surface area (Å²) < 4.78 is 15.3. The van der Waals surface area contributed by atoms with Gasteiger partial charge in [-0.15, -0.1) is 0 Å². The van der Waals surface area contributed by atoms with Gasteiger partial charge in [0.05, 0.1) is 6.21 Å². The minimum Gasteiger partial charge on any atom is -0.391 e. The number of oxime groups is 1. The van der Waals surface area contributed by atoms with Crippen molar-refractivity contribution in [1.82, 2.24) is 4.57 Å². The van der Waals surface area contributed by atoms with Crippen LogP contribution in [0.4, 0.5) is 4.39 Å². The molecule has 0 radical (unpaired) electrons. The molecule has 3 aromatic rings. The van der Waals surface area contributed by atoms with Crippen molar-refractivity contribution < 1.29 is 9.23 Å². The van der Waals surface area contributed by atoms with Crippen LogP contribution in [0.15, 0.2) is 65.8 Å². The Morgan fingerprint density at radius 1 is 1.08 bits per heavy atom. The van der Waals surface area contributed by atoms with Gasteiger partial charge in [0.25, 0.3) is 0 Å². The highest BCUT2D eigenvalue weighted by atomic mass is 19.1. The van der Waals surface area contributed by atoms with E-state index in [1.54, 1.807) is 18.3 Å². The number of hydrogen-bond donors (Lipinski definition) is 0. The average Bonchev–Trinajstić information content (AvgIpc) is 2.96. The van der Waals surface area contributed by atoms with Gasteiger partial charge in [-0.05, 0) is 49.2 Å². The van der Waals surface area contributed by atoms with E-state index in [4.69, 9.17) is 4.84 Å². The first-order valence-corrected chi connectivity index (χ1v) is 8.35. The predicted octanol–water partition coefficient (Wildman–Crippen LogP) is 5.04. The molecular weight excluding hydrogens is 315 g/mol. The van der Waals surface area contributed by atoms with Crippen LogP contribution in [0.2, 0.25) is 0 Å². The van der Waals surface area contributed by atoms with E-state index in [1.165, 1.54) is 12.1 Å². The molecule has 0 bridgehead atoms. The summed E-state index contributed by atoms with van der Waals surface area (Å²) in [5.41, 5.74) is 5.22. The third-order valence-corrected chi connectivity index (χ3v) is 4.15. The molecule has 128 valence electrons. The Morgan fingerprint density at radius 2 is 1.80 bits per heavy atom. The molecule has 0 fully saturated rings. The molecule has 3 rings (SSSR count). The van der Waals surface area contributed by atoms with E-state index < -0.39 is 0 Å². The predicted molar refractivity (Wildman–Crippen MR) is 98.7 cm³/mol. The number of benzene rings is 2. The Hall–Kier alpha value is -2.88. The monoisotopic (exact) mass is 336 g/mol. The molecule has 0 N–H and O–H groups in total. The topological polar surface area (TPSA) is 26.5 Å². The maximum absolute atomic E-state index is 13.2. The summed E-state index contributed by atoms with van der Waals surface area (Å²) in [6, 6.07) is 18.5. The van der Waals surface area contributed by atoms with Gasteiger partial charge in [0.2, 0.25) is 0 Å². The molecule has 4 heteroatoms. The maximum atomic E-state index is 13.2. The van der Waals surface area contributed by atoms with E-state index in [9.17, 15) is 4.39 Å². The Labute approximate surface area is 147 Å². The van der Waals surface area contributed by atoms with Crippen molar-refractivity contribution in [2.45, 2.75) is 26.9 Å². The van der Waals surface area contributed by atoms with Crippen molar-refractivity contribution in [1.29, 1.82) is 0 Å².